The highest BCUT2D eigenvalue weighted by Gasteiger charge is 2.58. The van der Waals surface area contributed by atoms with Crippen molar-refractivity contribution in [1.29, 1.82) is 0 Å². The number of halogens is 1. The van der Waals surface area contributed by atoms with Gasteiger partial charge in [0.1, 0.15) is 0 Å². The molecular formula is C22H24ClN3O2. The van der Waals surface area contributed by atoms with Crippen LogP contribution < -0.4 is 10.6 Å². The summed E-state index contributed by atoms with van der Waals surface area (Å²) in [6, 6.07) is 10.9. The van der Waals surface area contributed by atoms with Crippen LogP contribution in [0.2, 0.25) is 5.02 Å². The SMILES string of the molecule is CCC(NC(=O)c1ccc(Cl)cc1)C1C2CC(NC(=O)c3cccnc3)CC21. The third-order valence-electron chi connectivity index (χ3n) is 6.10. The molecule has 0 spiro atoms. The van der Waals surface area contributed by atoms with Crippen LogP contribution in [0.1, 0.15) is 46.9 Å². The first-order valence-corrected chi connectivity index (χ1v) is 10.2. The molecule has 5 nitrogen and oxygen atoms in total. The predicted octanol–water partition coefficient (Wildman–Crippen LogP) is 3.70. The molecule has 1 heterocycles. The van der Waals surface area contributed by atoms with Crippen LogP contribution in [0.25, 0.3) is 0 Å². The Kier molecular flexibility index (Phi) is 5.36. The van der Waals surface area contributed by atoms with Gasteiger partial charge >= 0.3 is 0 Å². The summed E-state index contributed by atoms with van der Waals surface area (Å²) >= 11 is 5.90. The van der Waals surface area contributed by atoms with Crippen LogP contribution in [-0.4, -0.2) is 28.9 Å². The number of hydrogen-bond donors (Lipinski definition) is 2. The molecule has 28 heavy (non-hydrogen) atoms. The van der Waals surface area contributed by atoms with Crippen LogP contribution in [0.4, 0.5) is 0 Å². The zero-order chi connectivity index (χ0) is 19.7. The molecule has 2 saturated carbocycles. The smallest absolute Gasteiger partial charge is 0.253 e. The molecular weight excluding hydrogens is 374 g/mol. The molecule has 0 aliphatic heterocycles. The van der Waals surface area contributed by atoms with Gasteiger partial charge in [0.15, 0.2) is 0 Å². The van der Waals surface area contributed by atoms with E-state index in [2.05, 4.69) is 22.5 Å². The van der Waals surface area contributed by atoms with E-state index in [0.29, 0.717) is 33.9 Å². The fourth-order valence-electron chi connectivity index (χ4n) is 4.70. The molecule has 2 aliphatic carbocycles. The number of carbonyl (C=O) groups excluding carboxylic acids is 2. The van der Waals surface area contributed by atoms with Crippen LogP contribution >= 0.6 is 11.6 Å². The Balaban J connectivity index is 1.30. The summed E-state index contributed by atoms with van der Waals surface area (Å²) in [5.41, 5.74) is 1.23. The lowest BCUT2D eigenvalue weighted by molar-refractivity contribution is 0.0927. The standard InChI is InChI=1S/C22H24ClN3O2/c1-2-19(26-21(27)13-5-7-15(23)8-6-13)20-17-10-16(11-18(17)20)25-22(28)14-4-3-9-24-12-14/h3-9,12,16-20H,2,10-11H2,1H3,(H,25,28)(H,26,27). The quantitative estimate of drug-likeness (QED) is 0.780. The van der Waals surface area contributed by atoms with Gasteiger partial charge in [-0.05, 0) is 73.4 Å². The van der Waals surface area contributed by atoms with Crippen molar-refractivity contribution in [3.8, 4) is 0 Å². The first kappa shape index (κ1) is 18.9. The van der Waals surface area contributed by atoms with E-state index in [1.54, 1.807) is 48.8 Å². The van der Waals surface area contributed by atoms with E-state index in [0.717, 1.165) is 19.3 Å². The molecule has 2 aliphatic rings. The van der Waals surface area contributed by atoms with Gasteiger partial charge in [-0.2, -0.15) is 0 Å². The van der Waals surface area contributed by atoms with E-state index < -0.39 is 0 Å². The second-order valence-corrected chi connectivity index (χ2v) is 8.22. The van der Waals surface area contributed by atoms with Crippen molar-refractivity contribution in [3.63, 3.8) is 0 Å². The second kappa shape index (κ2) is 7.92. The highest BCUT2D eigenvalue weighted by atomic mass is 35.5. The van der Waals surface area contributed by atoms with Gasteiger partial charge in [0.2, 0.25) is 0 Å². The Labute approximate surface area is 169 Å². The Hall–Kier alpha value is -2.40. The van der Waals surface area contributed by atoms with Gasteiger partial charge in [0.25, 0.3) is 11.8 Å². The number of nitrogens with one attached hydrogen (secondary N) is 2. The van der Waals surface area contributed by atoms with Crippen molar-refractivity contribution >= 4 is 23.4 Å². The number of amides is 2. The van der Waals surface area contributed by atoms with E-state index in [-0.39, 0.29) is 23.9 Å². The third kappa shape index (κ3) is 3.90. The fraction of sp³-hybridized carbons (Fsp3) is 0.409. The minimum Gasteiger partial charge on any atom is -0.349 e. The Morgan fingerprint density at radius 2 is 1.82 bits per heavy atom. The van der Waals surface area contributed by atoms with Crippen molar-refractivity contribution in [1.82, 2.24) is 15.6 Å². The van der Waals surface area contributed by atoms with Crippen molar-refractivity contribution in [2.24, 2.45) is 17.8 Å². The molecule has 2 amide bonds. The number of carbonyl (C=O) groups is 2. The van der Waals surface area contributed by atoms with Gasteiger partial charge in [-0.15, -0.1) is 0 Å². The summed E-state index contributed by atoms with van der Waals surface area (Å²) < 4.78 is 0. The molecule has 3 atom stereocenters. The van der Waals surface area contributed by atoms with E-state index >= 15 is 0 Å². The van der Waals surface area contributed by atoms with Crippen LogP contribution in [0, 0.1) is 17.8 Å². The molecule has 2 N–H and O–H groups in total. The number of aromatic nitrogens is 1. The minimum absolute atomic E-state index is 0.0464. The highest BCUT2D eigenvalue weighted by molar-refractivity contribution is 6.30. The molecule has 1 aromatic heterocycles. The summed E-state index contributed by atoms with van der Waals surface area (Å²) in [4.78, 5) is 28.8. The number of benzene rings is 1. The lowest BCUT2D eigenvalue weighted by Gasteiger charge is -2.22. The maximum atomic E-state index is 12.5. The van der Waals surface area contributed by atoms with E-state index in [4.69, 9.17) is 11.6 Å². The van der Waals surface area contributed by atoms with Crippen molar-refractivity contribution < 1.29 is 9.59 Å². The maximum absolute atomic E-state index is 12.5. The molecule has 0 saturated heterocycles. The monoisotopic (exact) mass is 397 g/mol. The summed E-state index contributed by atoms with van der Waals surface area (Å²) in [5, 5.41) is 6.95. The van der Waals surface area contributed by atoms with Gasteiger partial charge < -0.3 is 10.6 Å². The molecule has 0 bridgehead atoms. The zero-order valence-electron chi connectivity index (χ0n) is 15.8. The third-order valence-corrected chi connectivity index (χ3v) is 6.35. The molecule has 4 rings (SSSR count). The average Bonchev–Trinajstić information content (AvgIpc) is 3.20. The van der Waals surface area contributed by atoms with Gasteiger partial charge in [-0.3, -0.25) is 14.6 Å². The summed E-state index contributed by atoms with van der Waals surface area (Å²) in [6.45, 7) is 2.11. The second-order valence-electron chi connectivity index (χ2n) is 7.78. The predicted molar refractivity (Wildman–Crippen MR) is 108 cm³/mol. The average molecular weight is 398 g/mol. The molecule has 1 aromatic carbocycles. The maximum Gasteiger partial charge on any atom is 0.253 e. The minimum atomic E-state index is -0.0565. The molecule has 146 valence electrons. The summed E-state index contributed by atoms with van der Waals surface area (Å²) in [7, 11) is 0. The molecule has 2 fully saturated rings. The largest absolute Gasteiger partial charge is 0.349 e. The summed E-state index contributed by atoms with van der Waals surface area (Å²) in [5.74, 6) is 1.56. The topological polar surface area (TPSA) is 71.1 Å². The fourth-order valence-corrected chi connectivity index (χ4v) is 4.82. The van der Waals surface area contributed by atoms with Crippen molar-refractivity contribution in [3.05, 3.63) is 64.9 Å². The number of rotatable bonds is 6. The normalized spacial score (nSPS) is 26.2. The van der Waals surface area contributed by atoms with E-state index in [9.17, 15) is 9.59 Å². The van der Waals surface area contributed by atoms with Crippen LogP contribution in [-0.2, 0) is 0 Å². The van der Waals surface area contributed by atoms with Gasteiger partial charge in [-0.1, -0.05) is 18.5 Å². The van der Waals surface area contributed by atoms with Crippen molar-refractivity contribution in [2.75, 3.05) is 0 Å². The first-order valence-electron chi connectivity index (χ1n) is 9.84. The molecule has 3 unspecified atom stereocenters. The zero-order valence-corrected chi connectivity index (χ0v) is 16.5. The highest BCUT2D eigenvalue weighted by Crippen LogP contribution is 2.59. The molecule has 2 aromatic rings. The molecule has 6 heteroatoms. The lowest BCUT2D eigenvalue weighted by atomic mass is 9.99. The van der Waals surface area contributed by atoms with Crippen LogP contribution in [0.3, 0.4) is 0 Å². The summed E-state index contributed by atoms with van der Waals surface area (Å²) in [6.07, 6.45) is 6.12. The van der Waals surface area contributed by atoms with Crippen molar-refractivity contribution in [2.45, 2.75) is 38.3 Å². The Morgan fingerprint density at radius 3 is 2.43 bits per heavy atom. The van der Waals surface area contributed by atoms with E-state index in [1.807, 2.05) is 0 Å². The van der Waals surface area contributed by atoms with Crippen LogP contribution in [0.15, 0.2) is 48.8 Å². The number of fused-ring (bicyclic) bond motifs is 1. The lowest BCUT2D eigenvalue weighted by Crippen LogP contribution is -2.39. The van der Waals surface area contributed by atoms with Gasteiger partial charge in [-0.25, -0.2) is 0 Å². The van der Waals surface area contributed by atoms with Gasteiger partial charge in [0.05, 0.1) is 5.56 Å². The Morgan fingerprint density at radius 1 is 1.11 bits per heavy atom. The molecule has 0 radical (unpaired) electrons. The number of pyridine rings is 1. The van der Waals surface area contributed by atoms with E-state index in [1.165, 1.54) is 0 Å². The van der Waals surface area contributed by atoms with Crippen LogP contribution in [0.5, 0.6) is 0 Å². The van der Waals surface area contributed by atoms with Gasteiger partial charge in [0, 0.05) is 35.1 Å². The number of hydrogen-bond acceptors (Lipinski definition) is 3. The number of nitrogens with zero attached hydrogens (tertiary/aromatic N) is 1. The Bertz CT molecular complexity index is 844. The first-order chi connectivity index (χ1) is 13.6.